The summed E-state index contributed by atoms with van der Waals surface area (Å²) in [6.07, 6.45) is 4.41. The summed E-state index contributed by atoms with van der Waals surface area (Å²) in [4.78, 5) is 24.6. The van der Waals surface area contributed by atoms with Crippen molar-refractivity contribution in [1.82, 2.24) is 10.6 Å². The van der Waals surface area contributed by atoms with Crippen molar-refractivity contribution in [3.05, 3.63) is 23.2 Å². The molecule has 1 saturated carbocycles. The minimum atomic E-state index is -0.505. The number of methoxy groups -OCH3 is 1. The van der Waals surface area contributed by atoms with Crippen LogP contribution in [0.25, 0.3) is 0 Å². The van der Waals surface area contributed by atoms with Crippen LogP contribution in [-0.4, -0.2) is 37.0 Å². The molecule has 0 spiro atoms. The molecule has 24 heavy (non-hydrogen) atoms. The van der Waals surface area contributed by atoms with Crippen molar-refractivity contribution < 1.29 is 14.3 Å². The summed E-state index contributed by atoms with van der Waals surface area (Å²) in [6.45, 7) is 0. The average Bonchev–Trinajstić information content (AvgIpc) is 2.55. The number of benzene rings is 1. The molecule has 3 atom stereocenters. The van der Waals surface area contributed by atoms with Gasteiger partial charge in [-0.3, -0.25) is 9.59 Å². The van der Waals surface area contributed by atoms with E-state index in [1.165, 1.54) is 7.11 Å². The fraction of sp³-hybridized carbons (Fsp3) is 0.529. The topological polar surface area (TPSA) is 79.5 Å². The van der Waals surface area contributed by atoms with E-state index in [0.717, 1.165) is 25.7 Å². The number of carbonyl (C=O) groups excluding carboxylic acids is 2. The van der Waals surface area contributed by atoms with Crippen molar-refractivity contribution in [2.75, 3.05) is 12.4 Å². The van der Waals surface area contributed by atoms with E-state index < -0.39 is 6.04 Å². The maximum atomic E-state index is 12.3. The fourth-order valence-corrected chi connectivity index (χ4v) is 3.61. The number of halogens is 1. The number of amides is 2. The number of anilines is 1. The first-order valence-corrected chi connectivity index (χ1v) is 8.64. The van der Waals surface area contributed by atoms with Gasteiger partial charge in [-0.05, 0) is 31.0 Å². The van der Waals surface area contributed by atoms with Crippen molar-refractivity contribution in [3.8, 4) is 5.75 Å². The maximum Gasteiger partial charge on any atom is 0.237 e. The van der Waals surface area contributed by atoms with Crippen molar-refractivity contribution in [2.45, 2.75) is 50.2 Å². The molecule has 1 heterocycles. The summed E-state index contributed by atoms with van der Waals surface area (Å²) in [6, 6.07) is 4.96. The number of fused-ring (bicyclic) bond motifs is 1. The molecular weight excluding hydrogens is 330 g/mol. The highest BCUT2D eigenvalue weighted by Gasteiger charge is 2.37. The predicted molar refractivity (Wildman–Crippen MR) is 92.4 cm³/mol. The van der Waals surface area contributed by atoms with Crippen LogP contribution in [0.1, 0.15) is 32.1 Å². The number of ether oxygens (including phenoxy) is 1. The first kappa shape index (κ1) is 17.0. The van der Waals surface area contributed by atoms with E-state index in [1.807, 2.05) is 0 Å². The average molecular weight is 352 g/mol. The molecule has 0 bridgehead atoms. The monoisotopic (exact) mass is 351 g/mol. The summed E-state index contributed by atoms with van der Waals surface area (Å²) in [5.41, 5.74) is 0.502. The van der Waals surface area contributed by atoms with Crippen LogP contribution in [0.3, 0.4) is 0 Å². The quantitative estimate of drug-likeness (QED) is 0.776. The molecule has 0 aromatic heterocycles. The van der Waals surface area contributed by atoms with Crippen LogP contribution in [0.15, 0.2) is 18.2 Å². The fourth-order valence-electron chi connectivity index (χ4n) is 3.44. The number of carbonyl (C=O) groups is 2. The van der Waals surface area contributed by atoms with Crippen LogP contribution in [0, 0.1) is 0 Å². The van der Waals surface area contributed by atoms with Crippen molar-refractivity contribution in [3.63, 3.8) is 0 Å². The largest absolute Gasteiger partial charge is 0.495 e. The minimum Gasteiger partial charge on any atom is -0.495 e. The van der Waals surface area contributed by atoms with E-state index in [9.17, 15) is 9.59 Å². The molecule has 7 heteroatoms. The standard InChI is InChI=1S/C17H22ClN3O3/c1-24-15-7-6-10(18)8-13(15)20-16(22)9-14-17(23)21-12-5-3-2-4-11(12)19-14/h6-8,11-12,14,19H,2-5,9H2,1H3,(H,20,22)(H,21,23)/t11-,12-,14+/m0/s1. The van der Waals surface area contributed by atoms with Gasteiger partial charge in [0.15, 0.2) is 0 Å². The Balaban J connectivity index is 1.62. The SMILES string of the molecule is COc1ccc(Cl)cc1NC(=O)C[C@H]1N[C@H]2CCCC[C@@H]2NC1=O. The van der Waals surface area contributed by atoms with E-state index in [1.54, 1.807) is 18.2 Å². The molecule has 2 amide bonds. The van der Waals surface area contributed by atoms with Gasteiger partial charge in [-0.2, -0.15) is 0 Å². The molecule has 1 aromatic carbocycles. The zero-order valence-electron chi connectivity index (χ0n) is 13.6. The highest BCUT2D eigenvalue weighted by Crippen LogP contribution is 2.28. The van der Waals surface area contributed by atoms with E-state index >= 15 is 0 Å². The summed E-state index contributed by atoms with van der Waals surface area (Å²) in [5.74, 6) is 0.171. The van der Waals surface area contributed by atoms with Crippen LogP contribution in [-0.2, 0) is 9.59 Å². The molecule has 1 saturated heterocycles. The van der Waals surface area contributed by atoms with E-state index in [0.29, 0.717) is 16.5 Å². The highest BCUT2D eigenvalue weighted by atomic mass is 35.5. The number of rotatable bonds is 4. The Bertz CT molecular complexity index is 638. The van der Waals surface area contributed by atoms with Gasteiger partial charge in [0.25, 0.3) is 0 Å². The first-order valence-electron chi connectivity index (χ1n) is 8.26. The summed E-state index contributed by atoms with van der Waals surface area (Å²) in [5, 5.41) is 9.65. The Morgan fingerprint density at radius 2 is 2.08 bits per heavy atom. The van der Waals surface area contributed by atoms with Gasteiger partial charge in [-0.15, -0.1) is 0 Å². The zero-order valence-corrected chi connectivity index (χ0v) is 14.4. The molecule has 6 nitrogen and oxygen atoms in total. The minimum absolute atomic E-state index is 0.0741. The molecular formula is C17H22ClN3O3. The Hall–Kier alpha value is -1.79. The summed E-state index contributed by atoms with van der Waals surface area (Å²) < 4.78 is 5.21. The second-order valence-electron chi connectivity index (χ2n) is 6.32. The Morgan fingerprint density at radius 3 is 2.83 bits per heavy atom. The van der Waals surface area contributed by atoms with Crippen LogP contribution in [0.2, 0.25) is 5.02 Å². The molecule has 1 aromatic rings. The lowest BCUT2D eigenvalue weighted by Gasteiger charge is -2.40. The van der Waals surface area contributed by atoms with Crippen LogP contribution in [0.5, 0.6) is 5.75 Å². The zero-order chi connectivity index (χ0) is 17.1. The number of hydrogen-bond donors (Lipinski definition) is 3. The molecule has 2 aliphatic rings. The first-order chi connectivity index (χ1) is 11.6. The molecule has 3 rings (SSSR count). The Morgan fingerprint density at radius 1 is 1.33 bits per heavy atom. The van der Waals surface area contributed by atoms with Gasteiger partial charge >= 0.3 is 0 Å². The van der Waals surface area contributed by atoms with Crippen LogP contribution < -0.4 is 20.7 Å². The van der Waals surface area contributed by atoms with Crippen LogP contribution in [0.4, 0.5) is 5.69 Å². The van der Waals surface area contributed by atoms with Gasteiger partial charge < -0.3 is 20.7 Å². The van der Waals surface area contributed by atoms with Gasteiger partial charge in [-0.25, -0.2) is 0 Å². The lowest BCUT2D eigenvalue weighted by molar-refractivity contribution is -0.129. The molecule has 0 radical (unpaired) electrons. The van der Waals surface area contributed by atoms with Gasteiger partial charge in [-0.1, -0.05) is 24.4 Å². The van der Waals surface area contributed by atoms with Crippen LogP contribution >= 0.6 is 11.6 Å². The van der Waals surface area contributed by atoms with Gasteiger partial charge in [0.2, 0.25) is 11.8 Å². The lowest BCUT2D eigenvalue weighted by Crippen LogP contribution is -2.65. The summed E-state index contributed by atoms with van der Waals surface area (Å²) in [7, 11) is 1.53. The number of piperazine rings is 1. The normalized spacial score (nSPS) is 26.2. The maximum absolute atomic E-state index is 12.3. The van der Waals surface area contributed by atoms with E-state index in [4.69, 9.17) is 16.3 Å². The van der Waals surface area contributed by atoms with Gasteiger partial charge in [0.05, 0.1) is 25.3 Å². The third-order valence-corrected chi connectivity index (χ3v) is 4.89. The third kappa shape index (κ3) is 3.82. The second kappa shape index (κ2) is 7.40. The lowest BCUT2D eigenvalue weighted by atomic mass is 9.87. The van der Waals surface area contributed by atoms with E-state index in [2.05, 4.69) is 16.0 Å². The molecule has 0 unspecified atom stereocenters. The van der Waals surface area contributed by atoms with Gasteiger partial charge in [0, 0.05) is 17.1 Å². The molecule has 130 valence electrons. The predicted octanol–water partition coefficient (Wildman–Crippen LogP) is 2.08. The number of hydrogen-bond acceptors (Lipinski definition) is 4. The third-order valence-electron chi connectivity index (χ3n) is 4.65. The Labute approximate surface area is 146 Å². The van der Waals surface area contributed by atoms with E-state index in [-0.39, 0.29) is 30.3 Å². The smallest absolute Gasteiger partial charge is 0.237 e. The van der Waals surface area contributed by atoms with Gasteiger partial charge in [0.1, 0.15) is 5.75 Å². The number of nitrogens with one attached hydrogen (secondary N) is 3. The highest BCUT2D eigenvalue weighted by molar-refractivity contribution is 6.31. The van der Waals surface area contributed by atoms with Crippen molar-refractivity contribution in [1.29, 1.82) is 0 Å². The molecule has 2 fully saturated rings. The van der Waals surface area contributed by atoms with Crippen molar-refractivity contribution >= 4 is 29.1 Å². The summed E-state index contributed by atoms with van der Waals surface area (Å²) >= 11 is 5.97. The van der Waals surface area contributed by atoms with Crippen molar-refractivity contribution in [2.24, 2.45) is 0 Å². The molecule has 1 aliphatic carbocycles. The molecule has 3 N–H and O–H groups in total. The Kier molecular flexibility index (Phi) is 5.26. The second-order valence-corrected chi connectivity index (χ2v) is 6.76. The molecule has 1 aliphatic heterocycles.